The Morgan fingerprint density at radius 2 is 1.69 bits per heavy atom. The molecule has 0 radical (unpaired) electrons. The van der Waals surface area contributed by atoms with Crippen molar-refractivity contribution < 1.29 is 42.7 Å². The number of aromatic nitrogens is 1. The molecule has 4 aliphatic rings. The quantitative estimate of drug-likeness (QED) is 0.0837. The van der Waals surface area contributed by atoms with Gasteiger partial charge in [-0.25, -0.2) is 4.39 Å². The lowest BCUT2D eigenvalue weighted by atomic mass is 10.0. The maximum absolute atomic E-state index is 13.8. The standard InChI is InChI=1S/C40H42FN9O8/c1-22-29(19-26-25-18-23(41)8-9-27(25)46-37(26)55)44-20-30(22)45-34(53)21-48-14-16-49(17-15-48)35(54)7-3-6-32(51)43-13-12-42-28-5-2-4-24-36(28)40(58)50(39(24)57)31-10-11-33(52)47-38(31)56/h2,4-5,8-9,18-20,31,42,44H,3,6-7,10-17,21H2,1H3,(H,43,51)(H,45,53)(H,46,55)(H,47,52,56)/b26-19-. The van der Waals surface area contributed by atoms with E-state index in [4.69, 9.17) is 0 Å². The summed E-state index contributed by atoms with van der Waals surface area (Å²) in [5, 5.41) is 13.6. The highest BCUT2D eigenvalue weighted by Gasteiger charge is 2.45. The van der Waals surface area contributed by atoms with Gasteiger partial charge >= 0.3 is 0 Å². The molecule has 2 saturated heterocycles. The van der Waals surface area contributed by atoms with Gasteiger partial charge in [-0.2, -0.15) is 0 Å². The van der Waals surface area contributed by atoms with E-state index in [1.165, 1.54) is 24.3 Å². The number of H-pyrrole nitrogens is 1. The van der Waals surface area contributed by atoms with Gasteiger partial charge in [0.15, 0.2) is 0 Å². The average Bonchev–Trinajstić information content (AvgIpc) is 3.79. The van der Waals surface area contributed by atoms with E-state index in [-0.39, 0.29) is 80.1 Å². The second kappa shape index (κ2) is 16.8. The molecule has 58 heavy (non-hydrogen) atoms. The van der Waals surface area contributed by atoms with Crippen molar-refractivity contribution in [2.24, 2.45) is 0 Å². The van der Waals surface area contributed by atoms with Crippen LogP contribution in [0.2, 0.25) is 0 Å². The van der Waals surface area contributed by atoms with Crippen molar-refractivity contribution in [2.45, 2.75) is 45.1 Å². The highest BCUT2D eigenvalue weighted by Crippen LogP contribution is 2.35. The number of nitrogens with one attached hydrogen (secondary N) is 6. The molecule has 2 aromatic carbocycles. The van der Waals surface area contributed by atoms with Gasteiger partial charge in [-0.3, -0.25) is 53.5 Å². The Balaban J connectivity index is 0.790. The van der Waals surface area contributed by atoms with Gasteiger partial charge in [0.05, 0.1) is 28.9 Å². The van der Waals surface area contributed by atoms with Crippen molar-refractivity contribution in [2.75, 3.05) is 61.8 Å². The molecule has 1 aromatic heterocycles. The molecule has 8 amide bonds. The fraction of sp³-hybridized carbons (Fsp3) is 0.350. The van der Waals surface area contributed by atoms with Crippen molar-refractivity contribution in [3.63, 3.8) is 0 Å². The Kier molecular flexibility index (Phi) is 11.5. The summed E-state index contributed by atoms with van der Waals surface area (Å²) in [6.07, 6.45) is 4.02. The molecule has 6 N–H and O–H groups in total. The number of hydrogen-bond donors (Lipinski definition) is 6. The van der Waals surface area contributed by atoms with E-state index in [0.29, 0.717) is 72.1 Å². The maximum atomic E-state index is 13.8. The topological polar surface area (TPSA) is 222 Å². The number of nitrogens with zero attached hydrogens (tertiary/aromatic N) is 3. The molecule has 1 atom stereocenters. The van der Waals surface area contributed by atoms with Crippen molar-refractivity contribution in [3.8, 4) is 0 Å². The third-order valence-corrected chi connectivity index (χ3v) is 10.6. The Morgan fingerprint density at radius 3 is 2.47 bits per heavy atom. The Labute approximate surface area is 331 Å². The largest absolute Gasteiger partial charge is 0.383 e. The third kappa shape index (κ3) is 8.36. The lowest BCUT2D eigenvalue weighted by Crippen LogP contribution is -2.54. The van der Waals surface area contributed by atoms with Crippen LogP contribution in [0, 0.1) is 12.7 Å². The van der Waals surface area contributed by atoms with Crippen molar-refractivity contribution in [1.82, 2.24) is 30.3 Å². The van der Waals surface area contributed by atoms with Gasteiger partial charge in [0, 0.05) is 87.4 Å². The molecule has 5 heterocycles. The highest BCUT2D eigenvalue weighted by molar-refractivity contribution is 6.35. The van der Waals surface area contributed by atoms with Crippen LogP contribution in [0.5, 0.6) is 0 Å². The van der Waals surface area contributed by atoms with Crippen LogP contribution < -0.4 is 26.6 Å². The molecular weight excluding hydrogens is 753 g/mol. The number of halogens is 1. The monoisotopic (exact) mass is 795 g/mol. The predicted octanol–water partition coefficient (Wildman–Crippen LogP) is 1.84. The van der Waals surface area contributed by atoms with Gasteiger partial charge in [-0.05, 0) is 61.7 Å². The molecule has 0 aliphatic carbocycles. The second-order valence-corrected chi connectivity index (χ2v) is 14.5. The van der Waals surface area contributed by atoms with Crippen LogP contribution in [0.25, 0.3) is 11.6 Å². The summed E-state index contributed by atoms with van der Waals surface area (Å²) in [5.74, 6) is -3.73. The minimum absolute atomic E-state index is 0.0221. The van der Waals surface area contributed by atoms with E-state index >= 15 is 0 Å². The van der Waals surface area contributed by atoms with Gasteiger partial charge in [-0.1, -0.05) is 6.07 Å². The number of imide groups is 2. The summed E-state index contributed by atoms with van der Waals surface area (Å²) in [6.45, 7) is 4.26. The van der Waals surface area contributed by atoms with Crippen molar-refractivity contribution in [3.05, 3.63) is 76.4 Å². The lowest BCUT2D eigenvalue weighted by molar-refractivity contribution is -0.136. The molecule has 17 nitrogen and oxygen atoms in total. The fourth-order valence-electron chi connectivity index (χ4n) is 7.50. The minimum atomic E-state index is -1.07. The number of carbonyl (C=O) groups is 8. The number of piperazine rings is 1. The Hall–Kier alpha value is -6.69. The molecule has 4 aliphatic heterocycles. The van der Waals surface area contributed by atoms with Crippen LogP contribution in [0.3, 0.4) is 0 Å². The number of aromatic amines is 1. The van der Waals surface area contributed by atoms with Crippen LogP contribution in [0.4, 0.5) is 21.5 Å². The number of carbonyl (C=O) groups excluding carboxylic acids is 8. The molecule has 302 valence electrons. The summed E-state index contributed by atoms with van der Waals surface area (Å²) in [4.78, 5) is 109. The van der Waals surface area contributed by atoms with E-state index in [1.807, 2.05) is 4.90 Å². The lowest BCUT2D eigenvalue weighted by Gasteiger charge is -2.34. The first-order valence-corrected chi connectivity index (χ1v) is 19.0. The summed E-state index contributed by atoms with van der Waals surface area (Å²) < 4.78 is 13.8. The van der Waals surface area contributed by atoms with Gasteiger partial charge < -0.3 is 31.2 Å². The smallest absolute Gasteiger partial charge is 0.264 e. The van der Waals surface area contributed by atoms with E-state index in [0.717, 1.165) is 4.90 Å². The van der Waals surface area contributed by atoms with E-state index in [2.05, 4.69) is 31.6 Å². The molecule has 3 aromatic rings. The summed E-state index contributed by atoms with van der Waals surface area (Å²) in [6, 6.07) is 7.76. The minimum Gasteiger partial charge on any atom is -0.383 e. The molecule has 0 bridgehead atoms. The predicted molar refractivity (Wildman–Crippen MR) is 209 cm³/mol. The zero-order chi connectivity index (χ0) is 41.1. The van der Waals surface area contributed by atoms with Gasteiger partial charge in [0.1, 0.15) is 11.9 Å². The van der Waals surface area contributed by atoms with Gasteiger partial charge in [0.25, 0.3) is 17.7 Å². The van der Waals surface area contributed by atoms with Crippen LogP contribution in [0.15, 0.2) is 42.6 Å². The first-order valence-electron chi connectivity index (χ1n) is 19.0. The first-order chi connectivity index (χ1) is 27.9. The van der Waals surface area contributed by atoms with Crippen LogP contribution in [-0.4, -0.2) is 119 Å². The van der Waals surface area contributed by atoms with Crippen LogP contribution >= 0.6 is 0 Å². The van der Waals surface area contributed by atoms with E-state index in [9.17, 15) is 42.7 Å². The molecule has 1 unspecified atom stereocenters. The molecule has 0 spiro atoms. The molecular formula is C40H42FN9O8. The number of fused-ring (bicyclic) bond motifs is 2. The van der Waals surface area contributed by atoms with Crippen LogP contribution in [0.1, 0.15) is 69.6 Å². The number of piperidine rings is 1. The maximum Gasteiger partial charge on any atom is 0.264 e. The first kappa shape index (κ1) is 39.5. The normalized spacial score (nSPS) is 18.6. The van der Waals surface area contributed by atoms with Crippen molar-refractivity contribution in [1.29, 1.82) is 0 Å². The highest BCUT2D eigenvalue weighted by atomic mass is 19.1. The number of hydrogen-bond acceptors (Lipinski definition) is 10. The SMILES string of the molecule is Cc1c(NC(=O)CN2CCN(C(=O)CCCC(=O)NCCNc3cccc4c3C(=O)N(C3CCC(=O)NC3=O)C4=O)CC2)c[nH]c1/C=C1\C(=O)Nc2ccc(F)cc21. The molecule has 2 fully saturated rings. The molecule has 0 saturated carbocycles. The van der Waals surface area contributed by atoms with E-state index in [1.54, 1.807) is 36.2 Å². The van der Waals surface area contributed by atoms with Crippen molar-refractivity contribution >= 4 is 76.0 Å². The number of rotatable bonds is 13. The van der Waals surface area contributed by atoms with Gasteiger partial charge in [0.2, 0.25) is 29.5 Å². The number of amides is 8. The van der Waals surface area contributed by atoms with Crippen LogP contribution in [-0.2, 0) is 28.8 Å². The van der Waals surface area contributed by atoms with Gasteiger partial charge in [-0.15, -0.1) is 0 Å². The summed E-state index contributed by atoms with van der Waals surface area (Å²) >= 11 is 0. The Morgan fingerprint density at radius 1 is 0.897 bits per heavy atom. The number of benzene rings is 2. The number of anilines is 3. The third-order valence-electron chi connectivity index (χ3n) is 10.6. The fourth-order valence-corrected chi connectivity index (χ4v) is 7.50. The average molecular weight is 796 g/mol. The zero-order valence-corrected chi connectivity index (χ0v) is 31.7. The Bertz CT molecular complexity index is 2260. The zero-order valence-electron chi connectivity index (χ0n) is 31.7. The summed E-state index contributed by atoms with van der Waals surface area (Å²) in [5.41, 5.74) is 3.84. The van der Waals surface area contributed by atoms with E-state index < -0.39 is 35.5 Å². The molecule has 18 heteroatoms. The second-order valence-electron chi connectivity index (χ2n) is 14.5. The summed E-state index contributed by atoms with van der Waals surface area (Å²) in [7, 11) is 0. The molecule has 7 rings (SSSR count).